The number of hydrogen-bond donors (Lipinski definition) is 1. The maximum Gasteiger partial charge on any atom is 0.338 e. The standard InChI is InChI=1S/C19H19NO5/c1-2-12-24-16-10-8-15(9-11-16)19(23)25-13-17(21)20-18(22)14-6-4-3-5-7-14/h3-11H,2,12-13H2,1H3,(H,20,21,22). The highest BCUT2D eigenvalue weighted by Crippen LogP contribution is 2.13. The number of amides is 2. The molecule has 2 aromatic rings. The number of esters is 1. The molecule has 0 aliphatic rings. The van der Waals surface area contributed by atoms with Gasteiger partial charge in [-0.2, -0.15) is 0 Å². The van der Waals surface area contributed by atoms with Crippen molar-refractivity contribution in [3.8, 4) is 5.75 Å². The Morgan fingerprint density at radius 2 is 1.60 bits per heavy atom. The first-order valence-corrected chi connectivity index (χ1v) is 7.89. The smallest absolute Gasteiger partial charge is 0.338 e. The van der Waals surface area contributed by atoms with Crippen LogP contribution >= 0.6 is 0 Å². The fourth-order valence-corrected chi connectivity index (χ4v) is 1.95. The fourth-order valence-electron chi connectivity index (χ4n) is 1.95. The third kappa shape index (κ3) is 5.76. The van der Waals surface area contributed by atoms with Crippen molar-refractivity contribution in [1.82, 2.24) is 5.32 Å². The molecule has 6 nitrogen and oxygen atoms in total. The topological polar surface area (TPSA) is 81.7 Å². The molecule has 0 fully saturated rings. The summed E-state index contributed by atoms with van der Waals surface area (Å²) in [6.45, 7) is 2.06. The first-order valence-electron chi connectivity index (χ1n) is 7.89. The SMILES string of the molecule is CCCOc1ccc(C(=O)OCC(=O)NC(=O)c2ccccc2)cc1. The number of ether oxygens (including phenoxy) is 2. The Balaban J connectivity index is 1.81. The quantitative estimate of drug-likeness (QED) is 0.783. The Hall–Kier alpha value is -3.15. The van der Waals surface area contributed by atoms with E-state index < -0.39 is 24.4 Å². The molecule has 0 aliphatic carbocycles. The first kappa shape index (κ1) is 18.2. The van der Waals surface area contributed by atoms with Crippen molar-refractivity contribution in [1.29, 1.82) is 0 Å². The molecule has 2 amide bonds. The zero-order valence-corrected chi connectivity index (χ0v) is 13.9. The highest BCUT2D eigenvalue weighted by molar-refractivity contribution is 6.05. The van der Waals surface area contributed by atoms with Crippen LogP contribution in [0.3, 0.4) is 0 Å². The van der Waals surface area contributed by atoms with Gasteiger partial charge in [0.1, 0.15) is 5.75 Å². The molecule has 0 saturated heterocycles. The molecule has 0 heterocycles. The van der Waals surface area contributed by atoms with Gasteiger partial charge in [-0.05, 0) is 42.8 Å². The molecule has 0 spiro atoms. The lowest BCUT2D eigenvalue weighted by Gasteiger charge is -2.07. The van der Waals surface area contributed by atoms with Gasteiger partial charge in [0, 0.05) is 5.56 Å². The number of hydrogen-bond acceptors (Lipinski definition) is 5. The Bertz CT molecular complexity index is 725. The van der Waals surface area contributed by atoms with E-state index in [0.29, 0.717) is 23.5 Å². The van der Waals surface area contributed by atoms with Crippen molar-refractivity contribution >= 4 is 17.8 Å². The largest absolute Gasteiger partial charge is 0.494 e. The Morgan fingerprint density at radius 1 is 0.920 bits per heavy atom. The van der Waals surface area contributed by atoms with Crippen LogP contribution in [0, 0.1) is 0 Å². The number of rotatable bonds is 7. The average Bonchev–Trinajstić information content (AvgIpc) is 2.65. The summed E-state index contributed by atoms with van der Waals surface area (Å²) >= 11 is 0. The lowest BCUT2D eigenvalue weighted by Crippen LogP contribution is -2.34. The van der Waals surface area contributed by atoms with Gasteiger partial charge in [0.2, 0.25) is 0 Å². The third-order valence-corrected chi connectivity index (χ3v) is 3.19. The zero-order valence-electron chi connectivity index (χ0n) is 13.9. The molecule has 130 valence electrons. The van der Waals surface area contributed by atoms with Gasteiger partial charge in [0.25, 0.3) is 11.8 Å². The number of carbonyl (C=O) groups excluding carboxylic acids is 3. The molecule has 6 heteroatoms. The summed E-state index contributed by atoms with van der Waals surface area (Å²) in [6, 6.07) is 14.7. The van der Waals surface area contributed by atoms with Gasteiger partial charge >= 0.3 is 5.97 Å². The van der Waals surface area contributed by atoms with Crippen LogP contribution < -0.4 is 10.1 Å². The van der Waals surface area contributed by atoms with Gasteiger partial charge in [-0.3, -0.25) is 14.9 Å². The maximum atomic E-state index is 11.9. The molecule has 0 unspecified atom stereocenters. The zero-order chi connectivity index (χ0) is 18.1. The molecular weight excluding hydrogens is 322 g/mol. The van der Waals surface area contributed by atoms with E-state index in [4.69, 9.17) is 9.47 Å². The summed E-state index contributed by atoms with van der Waals surface area (Å²) in [6.07, 6.45) is 0.889. The minimum atomic E-state index is -0.690. The van der Waals surface area contributed by atoms with Gasteiger partial charge in [-0.1, -0.05) is 25.1 Å². The van der Waals surface area contributed by atoms with E-state index in [1.54, 1.807) is 54.6 Å². The van der Waals surface area contributed by atoms with Crippen LogP contribution in [-0.2, 0) is 9.53 Å². The van der Waals surface area contributed by atoms with E-state index >= 15 is 0 Å². The molecule has 1 N–H and O–H groups in total. The normalized spacial score (nSPS) is 9.96. The van der Waals surface area contributed by atoms with Crippen LogP contribution in [0.4, 0.5) is 0 Å². The molecular formula is C19H19NO5. The molecule has 0 radical (unpaired) electrons. The summed E-state index contributed by atoms with van der Waals surface area (Å²) in [5.41, 5.74) is 0.649. The number of imide groups is 1. The van der Waals surface area contributed by atoms with E-state index in [0.717, 1.165) is 6.42 Å². The highest BCUT2D eigenvalue weighted by Gasteiger charge is 2.13. The summed E-state index contributed by atoms with van der Waals surface area (Å²) in [5.74, 6) is -1.22. The van der Waals surface area contributed by atoms with Crippen molar-refractivity contribution in [2.45, 2.75) is 13.3 Å². The Morgan fingerprint density at radius 3 is 2.24 bits per heavy atom. The molecule has 2 rings (SSSR count). The lowest BCUT2D eigenvalue weighted by atomic mass is 10.2. The summed E-state index contributed by atoms with van der Waals surface area (Å²) in [5, 5.41) is 2.16. The lowest BCUT2D eigenvalue weighted by molar-refractivity contribution is -0.123. The Labute approximate surface area is 145 Å². The fraction of sp³-hybridized carbons (Fsp3) is 0.211. The molecule has 0 aliphatic heterocycles. The van der Waals surface area contributed by atoms with E-state index in [1.165, 1.54) is 0 Å². The summed E-state index contributed by atoms with van der Waals surface area (Å²) < 4.78 is 10.3. The van der Waals surface area contributed by atoms with Crippen LogP contribution in [-0.4, -0.2) is 31.0 Å². The minimum Gasteiger partial charge on any atom is -0.494 e. The van der Waals surface area contributed by atoms with Gasteiger partial charge < -0.3 is 9.47 Å². The number of benzene rings is 2. The van der Waals surface area contributed by atoms with Crippen LogP contribution in [0.2, 0.25) is 0 Å². The second kappa shape index (κ2) is 9.22. The van der Waals surface area contributed by atoms with E-state index in [2.05, 4.69) is 5.32 Å². The van der Waals surface area contributed by atoms with Gasteiger partial charge in [0.15, 0.2) is 6.61 Å². The predicted molar refractivity (Wildman–Crippen MR) is 91.4 cm³/mol. The van der Waals surface area contributed by atoms with Crippen molar-refractivity contribution < 1.29 is 23.9 Å². The molecule has 0 bridgehead atoms. The molecule has 0 saturated carbocycles. The van der Waals surface area contributed by atoms with Gasteiger partial charge in [-0.25, -0.2) is 4.79 Å². The highest BCUT2D eigenvalue weighted by atomic mass is 16.5. The summed E-state index contributed by atoms with van der Waals surface area (Å²) in [4.78, 5) is 35.4. The van der Waals surface area contributed by atoms with Gasteiger partial charge in [-0.15, -0.1) is 0 Å². The average molecular weight is 341 g/mol. The van der Waals surface area contributed by atoms with Crippen LogP contribution in [0.25, 0.3) is 0 Å². The van der Waals surface area contributed by atoms with Crippen molar-refractivity contribution in [3.05, 3.63) is 65.7 Å². The van der Waals surface area contributed by atoms with Crippen molar-refractivity contribution in [3.63, 3.8) is 0 Å². The van der Waals surface area contributed by atoms with Crippen LogP contribution in [0.5, 0.6) is 5.75 Å². The van der Waals surface area contributed by atoms with Crippen LogP contribution in [0.15, 0.2) is 54.6 Å². The minimum absolute atomic E-state index is 0.297. The molecule has 0 aromatic heterocycles. The van der Waals surface area contributed by atoms with Crippen molar-refractivity contribution in [2.75, 3.05) is 13.2 Å². The molecule has 0 atom stereocenters. The third-order valence-electron chi connectivity index (χ3n) is 3.19. The van der Waals surface area contributed by atoms with E-state index in [9.17, 15) is 14.4 Å². The monoisotopic (exact) mass is 341 g/mol. The second-order valence-corrected chi connectivity index (χ2v) is 5.19. The number of carbonyl (C=O) groups is 3. The maximum absolute atomic E-state index is 11.9. The van der Waals surface area contributed by atoms with E-state index in [-0.39, 0.29) is 0 Å². The predicted octanol–water partition coefficient (Wildman–Crippen LogP) is 2.59. The Kier molecular flexibility index (Phi) is 6.71. The van der Waals surface area contributed by atoms with Crippen LogP contribution in [0.1, 0.15) is 34.1 Å². The molecule has 2 aromatic carbocycles. The van der Waals surface area contributed by atoms with Gasteiger partial charge in [0.05, 0.1) is 12.2 Å². The second-order valence-electron chi connectivity index (χ2n) is 5.19. The number of nitrogens with one attached hydrogen (secondary N) is 1. The van der Waals surface area contributed by atoms with E-state index in [1.807, 2.05) is 6.92 Å². The first-order chi connectivity index (χ1) is 12.1. The summed E-state index contributed by atoms with van der Waals surface area (Å²) in [7, 11) is 0. The molecule has 25 heavy (non-hydrogen) atoms. The van der Waals surface area contributed by atoms with Crippen molar-refractivity contribution in [2.24, 2.45) is 0 Å².